The van der Waals surface area contributed by atoms with Crippen LogP contribution in [0.25, 0.3) is 0 Å². The second-order valence-electron chi connectivity index (χ2n) is 6.50. The maximum Gasteiger partial charge on any atom is 0.243 e. The molecule has 5 nitrogen and oxygen atoms in total. The van der Waals surface area contributed by atoms with E-state index in [4.69, 9.17) is 0 Å². The average Bonchev–Trinajstić information content (AvgIpc) is 2.68. The molecule has 0 aromatic heterocycles. The molecule has 0 heterocycles. The molecule has 0 radical (unpaired) electrons. The van der Waals surface area contributed by atoms with Crippen molar-refractivity contribution < 1.29 is 13.2 Å². The summed E-state index contributed by atoms with van der Waals surface area (Å²) in [5, 5.41) is 2.97. The normalized spacial score (nSPS) is 12.8. The van der Waals surface area contributed by atoms with Crippen molar-refractivity contribution in [3.8, 4) is 0 Å². The lowest BCUT2D eigenvalue weighted by molar-refractivity contribution is -0.119. The summed E-state index contributed by atoms with van der Waals surface area (Å²) in [6.07, 6.45) is 0. The zero-order valence-electron chi connectivity index (χ0n) is 16.8. The fourth-order valence-corrected chi connectivity index (χ4v) is 5.17. The molecule has 0 aliphatic carbocycles. The van der Waals surface area contributed by atoms with Gasteiger partial charge in [0.2, 0.25) is 15.9 Å². The van der Waals surface area contributed by atoms with E-state index >= 15 is 0 Å². The van der Waals surface area contributed by atoms with Crippen LogP contribution in [-0.4, -0.2) is 37.5 Å². The number of nitrogens with one attached hydrogen (secondary N) is 1. The highest BCUT2D eigenvalue weighted by molar-refractivity contribution is 8.00. The molecule has 1 amide bonds. The molecule has 1 atom stereocenters. The molecule has 0 fully saturated rings. The van der Waals surface area contributed by atoms with Gasteiger partial charge in [0.1, 0.15) is 0 Å². The number of carbonyl (C=O) groups excluding carboxylic acids is 1. The summed E-state index contributed by atoms with van der Waals surface area (Å²) in [6, 6.07) is 14.5. The van der Waals surface area contributed by atoms with Gasteiger partial charge in [-0.3, -0.25) is 4.79 Å². The molecule has 0 aliphatic rings. The quantitative estimate of drug-likeness (QED) is 0.623. The van der Waals surface area contributed by atoms with Crippen molar-refractivity contribution in [1.82, 2.24) is 9.62 Å². The van der Waals surface area contributed by atoms with E-state index in [9.17, 15) is 13.2 Å². The van der Waals surface area contributed by atoms with Crippen molar-refractivity contribution in [2.45, 2.75) is 43.5 Å². The van der Waals surface area contributed by atoms with Crippen LogP contribution in [0.1, 0.15) is 37.9 Å². The van der Waals surface area contributed by atoms with Gasteiger partial charge in [-0.2, -0.15) is 4.31 Å². The van der Waals surface area contributed by atoms with E-state index in [2.05, 4.69) is 5.32 Å². The van der Waals surface area contributed by atoms with E-state index in [0.29, 0.717) is 18.8 Å². The third kappa shape index (κ3) is 5.59. The fraction of sp³-hybridized carbons (Fsp3) is 0.381. The molecule has 2 rings (SSSR count). The van der Waals surface area contributed by atoms with Crippen molar-refractivity contribution in [3.63, 3.8) is 0 Å². The number of rotatable bonds is 9. The molecule has 2 aromatic rings. The number of aryl methyl sites for hydroxylation is 1. The minimum absolute atomic E-state index is 0.0550. The zero-order valence-corrected chi connectivity index (χ0v) is 18.4. The molecule has 2 aromatic carbocycles. The molecule has 0 spiro atoms. The Bertz CT molecular complexity index is 892. The third-order valence-corrected chi connectivity index (χ3v) is 7.79. The molecule has 0 unspecified atom stereocenters. The first kappa shape index (κ1) is 22.5. The van der Waals surface area contributed by atoms with E-state index in [1.807, 2.05) is 52.0 Å². The first-order valence-corrected chi connectivity index (χ1v) is 11.8. The Balaban J connectivity index is 1.98. The highest BCUT2D eigenvalue weighted by atomic mass is 32.2. The summed E-state index contributed by atoms with van der Waals surface area (Å²) in [7, 11) is -3.47. The van der Waals surface area contributed by atoms with Crippen molar-refractivity contribution in [3.05, 3.63) is 59.7 Å². The van der Waals surface area contributed by atoms with Crippen molar-refractivity contribution >= 4 is 27.7 Å². The Labute approximate surface area is 172 Å². The summed E-state index contributed by atoms with van der Waals surface area (Å²) >= 11 is 1.51. The summed E-state index contributed by atoms with van der Waals surface area (Å²) in [4.78, 5) is 13.6. The average molecular weight is 421 g/mol. The van der Waals surface area contributed by atoms with E-state index in [1.165, 1.54) is 16.1 Å². The van der Waals surface area contributed by atoms with Crippen LogP contribution in [0.15, 0.2) is 58.3 Å². The maximum absolute atomic E-state index is 12.6. The SMILES string of the molecule is CCN(CC)S(=O)(=O)c1ccc([C@H](C)NC(=O)CSc2ccccc2C)cc1. The molecule has 7 heteroatoms. The van der Waals surface area contributed by atoms with Crippen molar-refractivity contribution in [2.24, 2.45) is 0 Å². The molecule has 0 bridgehead atoms. The molecule has 0 saturated carbocycles. The second kappa shape index (κ2) is 10.1. The molecule has 0 saturated heterocycles. The van der Waals surface area contributed by atoms with Gasteiger partial charge >= 0.3 is 0 Å². The van der Waals surface area contributed by atoms with Crippen molar-refractivity contribution in [2.75, 3.05) is 18.8 Å². The molecular formula is C21H28N2O3S2. The number of nitrogens with zero attached hydrogens (tertiary/aromatic N) is 1. The van der Waals surface area contributed by atoms with Gasteiger partial charge in [-0.05, 0) is 43.2 Å². The predicted octanol–water partition coefficient (Wildman–Crippen LogP) is 4.00. The Kier molecular flexibility index (Phi) is 8.10. The van der Waals surface area contributed by atoms with E-state index in [1.54, 1.807) is 24.3 Å². The number of hydrogen-bond donors (Lipinski definition) is 1. The Morgan fingerprint density at radius 3 is 2.25 bits per heavy atom. The summed E-state index contributed by atoms with van der Waals surface area (Å²) in [6.45, 7) is 8.43. The number of sulfonamides is 1. The van der Waals surface area contributed by atoms with Crippen LogP contribution >= 0.6 is 11.8 Å². The minimum Gasteiger partial charge on any atom is -0.349 e. The van der Waals surface area contributed by atoms with E-state index < -0.39 is 10.0 Å². The van der Waals surface area contributed by atoms with Crippen LogP contribution in [0.2, 0.25) is 0 Å². The molecule has 0 aliphatic heterocycles. The van der Waals surface area contributed by atoms with E-state index in [0.717, 1.165) is 16.0 Å². The lowest BCUT2D eigenvalue weighted by Gasteiger charge is -2.19. The van der Waals surface area contributed by atoms with Crippen LogP contribution in [0.3, 0.4) is 0 Å². The topological polar surface area (TPSA) is 66.5 Å². The van der Waals surface area contributed by atoms with Crippen LogP contribution < -0.4 is 5.32 Å². The summed E-state index contributed by atoms with van der Waals surface area (Å²) in [5.74, 6) is 0.282. The number of carbonyl (C=O) groups is 1. The van der Waals surface area contributed by atoms with Gasteiger partial charge in [0.05, 0.1) is 16.7 Å². The lowest BCUT2D eigenvalue weighted by Crippen LogP contribution is -2.30. The van der Waals surface area contributed by atoms with Crippen LogP contribution in [-0.2, 0) is 14.8 Å². The molecule has 1 N–H and O–H groups in total. The minimum atomic E-state index is -3.47. The van der Waals surface area contributed by atoms with Gasteiger partial charge in [-0.15, -0.1) is 11.8 Å². The highest BCUT2D eigenvalue weighted by Gasteiger charge is 2.21. The van der Waals surface area contributed by atoms with Gasteiger partial charge in [-0.25, -0.2) is 8.42 Å². The fourth-order valence-electron chi connectivity index (χ4n) is 2.87. The third-order valence-electron chi connectivity index (χ3n) is 4.55. The Hall–Kier alpha value is -1.83. The number of benzene rings is 2. The van der Waals surface area contributed by atoms with Gasteiger partial charge in [-0.1, -0.05) is 44.2 Å². The van der Waals surface area contributed by atoms with Crippen molar-refractivity contribution in [1.29, 1.82) is 0 Å². The van der Waals surface area contributed by atoms with Gasteiger partial charge in [0.25, 0.3) is 0 Å². The van der Waals surface area contributed by atoms with Gasteiger partial charge in [0.15, 0.2) is 0 Å². The second-order valence-corrected chi connectivity index (χ2v) is 9.46. The standard InChI is InChI=1S/C21H28N2O3S2/c1-5-23(6-2)28(25,26)19-13-11-18(12-14-19)17(4)22-21(24)15-27-20-10-8-7-9-16(20)3/h7-14,17H,5-6,15H2,1-4H3,(H,22,24)/t17-/m0/s1. The van der Waals surface area contributed by atoms with Crippen LogP contribution in [0.4, 0.5) is 0 Å². The maximum atomic E-state index is 12.6. The first-order chi connectivity index (χ1) is 13.3. The Morgan fingerprint density at radius 1 is 1.07 bits per heavy atom. The first-order valence-electron chi connectivity index (χ1n) is 9.37. The zero-order chi connectivity index (χ0) is 20.7. The monoisotopic (exact) mass is 420 g/mol. The predicted molar refractivity (Wildman–Crippen MR) is 115 cm³/mol. The van der Waals surface area contributed by atoms with Crippen LogP contribution in [0, 0.1) is 6.92 Å². The number of thioether (sulfide) groups is 1. The summed E-state index contributed by atoms with van der Waals surface area (Å²) in [5.41, 5.74) is 2.02. The number of hydrogen-bond acceptors (Lipinski definition) is 4. The Morgan fingerprint density at radius 2 is 1.68 bits per heavy atom. The molecule has 28 heavy (non-hydrogen) atoms. The molecule has 152 valence electrons. The number of amides is 1. The van der Waals surface area contributed by atoms with Gasteiger partial charge < -0.3 is 5.32 Å². The molecular weight excluding hydrogens is 392 g/mol. The highest BCUT2D eigenvalue weighted by Crippen LogP contribution is 2.22. The van der Waals surface area contributed by atoms with Gasteiger partial charge in [0, 0.05) is 18.0 Å². The largest absolute Gasteiger partial charge is 0.349 e. The lowest BCUT2D eigenvalue weighted by atomic mass is 10.1. The smallest absolute Gasteiger partial charge is 0.243 e. The van der Waals surface area contributed by atoms with E-state index in [-0.39, 0.29) is 16.8 Å². The van der Waals surface area contributed by atoms with Crippen LogP contribution in [0.5, 0.6) is 0 Å². The summed E-state index contributed by atoms with van der Waals surface area (Å²) < 4.78 is 26.5.